The monoisotopic (exact) mass is 413 g/mol. The maximum Gasteiger partial charge on any atom is 0.257 e. The third kappa shape index (κ3) is 3.31. The molecule has 0 unspecified atom stereocenters. The van der Waals surface area contributed by atoms with Crippen LogP contribution in [0.15, 0.2) is 36.4 Å². The summed E-state index contributed by atoms with van der Waals surface area (Å²) in [5.41, 5.74) is 3.90. The molecule has 31 heavy (non-hydrogen) atoms. The third-order valence-corrected chi connectivity index (χ3v) is 5.55. The highest BCUT2D eigenvalue weighted by molar-refractivity contribution is 5.94. The molecule has 3 heterocycles. The van der Waals surface area contributed by atoms with Gasteiger partial charge in [-0.25, -0.2) is 4.39 Å². The molecule has 0 atom stereocenters. The number of nitrogens with zero attached hydrogens (tertiary/aromatic N) is 5. The number of aromatic nitrogens is 4. The minimum Gasteiger partial charge on any atom is -0.325 e. The van der Waals surface area contributed by atoms with E-state index >= 15 is 4.39 Å². The van der Waals surface area contributed by atoms with Crippen LogP contribution < -0.4 is 4.90 Å². The Balaban J connectivity index is 1.75. The van der Waals surface area contributed by atoms with E-state index in [-0.39, 0.29) is 11.2 Å². The van der Waals surface area contributed by atoms with Gasteiger partial charge < -0.3 is 4.90 Å². The largest absolute Gasteiger partial charge is 0.325 e. The van der Waals surface area contributed by atoms with Gasteiger partial charge in [0.15, 0.2) is 0 Å². The highest BCUT2D eigenvalue weighted by Crippen LogP contribution is 2.38. The fraction of sp³-hybridized carbons (Fsp3) is 0.320. The lowest BCUT2D eigenvalue weighted by atomic mass is 9.93. The van der Waals surface area contributed by atoms with Gasteiger partial charge in [0.05, 0.1) is 10.9 Å². The van der Waals surface area contributed by atoms with Crippen LogP contribution in [0.25, 0.3) is 16.7 Å². The van der Waals surface area contributed by atoms with E-state index in [0.29, 0.717) is 22.8 Å². The summed E-state index contributed by atoms with van der Waals surface area (Å²) in [6.45, 7) is 8.92. The number of aryl methyl sites for hydroxylation is 1. The molecule has 1 aliphatic heterocycles. The summed E-state index contributed by atoms with van der Waals surface area (Å²) in [6.07, 6.45) is 1.88. The molecule has 0 bridgehead atoms. The number of anilines is 2. The molecule has 0 saturated carbocycles. The van der Waals surface area contributed by atoms with E-state index in [1.54, 1.807) is 10.5 Å². The van der Waals surface area contributed by atoms with Gasteiger partial charge in [-0.1, -0.05) is 24.0 Å². The van der Waals surface area contributed by atoms with Crippen molar-refractivity contribution in [3.63, 3.8) is 0 Å². The molecule has 5 rings (SSSR count). The van der Waals surface area contributed by atoms with Crippen LogP contribution in [-0.2, 0) is 6.42 Å². The minimum absolute atomic E-state index is 0.0749. The molecule has 2 aromatic heterocycles. The molecule has 5 nitrogen and oxygen atoms in total. The Morgan fingerprint density at radius 2 is 1.87 bits per heavy atom. The van der Waals surface area contributed by atoms with Crippen molar-refractivity contribution in [3.05, 3.63) is 59.2 Å². The SMILES string of the molecule is Cc1nnc2nc(N3CCCc4c(C#CC(C)(C)C)cccc43)c3c(F)cccc3n12. The van der Waals surface area contributed by atoms with E-state index in [0.717, 1.165) is 36.2 Å². The zero-order valence-electron chi connectivity index (χ0n) is 18.2. The van der Waals surface area contributed by atoms with Crippen molar-refractivity contribution >= 4 is 28.2 Å². The molecular weight excluding hydrogens is 389 g/mol. The van der Waals surface area contributed by atoms with Crippen LogP contribution in [0.5, 0.6) is 0 Å². The first-order valence-corrected chi connectivity index (χ1v) is 10.6. The molecule has 0 radical (unpaired) electrons. The van der Waals surface area contributed by atoms with Crippen LogP contribution in [0.1, 0.15) is 44.1 Å². The second-order valence-corrected chi connectivity index (χ2v) is 9.01. The normalized spacial score (nSPS) is 13.9. The molecule has 156 valence electrons. The van der Waals surface area contributed by atoms with E-state index in [1.165, 1.54) is 11.6 Å². The first kappa shape index (κ1) is 19.5. The lowest BCUT2D eigenvalue weighted by molar-refractivity contribution is 0.571. The smallest absolute Gasteiger partial charge is 0.257 e. The van der Waals surface area contributed by atoms with Gasteiger partial charge in [0.2, 0.25) is 0 Å². The van der Waals surface area contributed by atoms with Crippen molar-refractivity contribution in [1.29, 1.82) is 0 Å². The number of rotatable bonds is 1. The molecule has 0 amide bonds. The van der Waals surface area contributed by atoms with Gasteiger partial charge in [-0.15, -0.1) is 10.2 Å². The molecule has 6 heteroatoms. The maximum absolute atomic E-state index is 15.1. The second kappa shape index (κ2) is 7.05. The minimum atomic E-state index is -0.300. The lowest BCUT2D eigenvalue weighted by Gasteiger charge is -2.32. The summed E-state index contributed by atoms with van der Waals surface area (Å²) < 4.78 is 16.9. The zero-order chi connectivity index (χ0) is 21.8. The van der Waals surface area contributed by atoms with Crippen LogP contribution in [0.3, 0.4) is 0 Å². The van der Waals surface area contributed by atoms with Gasteiger partial charge in [0, 0.05) is 23.2 Å². The summed E-state index contributed by atoms with van der Waals surface area (Å²) >= 11 is 0. The fourth-order valence-corrected chi connectivity index (χ4v) is 4.19. The van der Waals surface area contributed by atoms with Crippen LogP contribution in [-0.4, -0.2) is 26.1 Å². The van der Waals surface area contributed by atoms with Gasteiger partial charge in [0.25, 0.3) is 5.78 Å². The van der Waals surface area contributed by atoms with Crippen molar-refractivity contribution in [1.82, 2.24) is 19.6 Å². The topological polar surface area (TPSA) is 46.3 Å². The first-order valence-electron chi connectivity index (χ1n) is 10.6. The van der Waals surface area contributed by atoms with Crippen LogP contribution in [0.4, 0.5) is 15.9 Å². The van der Waals surface area contributed by atoms with Crippen molar-refractivity contribution in [2.45, 2.75) is 40.5 Å². The molecule has 0 N–H and O–H groups in total. The molecule has 2 aromatic carbocycles. The number of benzene rings is 2. The third-order valence-electron chi connectivity index (χ3n) is 5.55. The number of hydrogen-bond donors (Lipinski definition) is 0. The van der Waals surface area contributed by atoms with Crippen LogP contribution >= 0.6 is 0 Å². The molecule has 0 aliphatic carbocycles. The zero-order valence-corrected chi connectivity index (χ0v) is 18.2. The predicted molar refractivity (Wildman–Crippen MR) is 121 cm³/mol. The van der Waals surface area contributed by atoms with Crippen molar-refractivity contribution in [3.8, 4) is 11.8 Å². The van der Waals surface area contributed by atoms with Gasteiger partial charge in [0.1, 0.15) is 17.5 Å². The predicted octanol–water partition coefficient (Wildman–Crippen LogP) is 5.21. The maximum atomic E-state index is 15.1. The molecule has 4 aromatic rings. The summed E-state index contributed by atoms with van der Waals surface area (Å²) in [5, 5.41) is 8.86. The summed E-state index contributed by atoms with van der Waals surface area (Å²) in [5.74, 6) is 8.15. The Hall–Kier alpha value is -3.46. The number of fused-ring (bicyclic) bond motifs is 4. The highest BCUT2D eigenvalue weighted by atomic mass is 19.1. The van der Waals surface area contributed by atoms with E-state index in [9.17, 15) is 0 Å². The summed E-state index contributed by atoms with van der Waals surface area (Å²) in [6, 6.07) is 11.2. The highest BCUT2D eigenvalue weighted by Gasteiger charge is 2.25. The molecule has 1 aliphatic rings. The van der Waals surface area contributed by atoms with Crippen molar-refractivity contribution < 1.29 is 4.39 Å². The number of hydrogen-bond acceptors (Lipinski definition) is 4. The Labute approximate surface area is 180 Å². The Bertz CT molecular complexity index is 1380. The second-order valence-electron chi connectivity index (χ2n) is 9.01. The molecule has 0 fully saturated rings. The molecular formula is C25H24FN5. The van der Waals surface area contributed by atoms with E-state index in [2.05, 4.69) is 59.8 Å². The Morgan fingerprint density at radius 3 is 2.68 bits per heavy atom. The van der Waals surface area contributed by atoms with Gasteiger partial charge in [-0.3, -0.25) is 4.40 Å². The quantitative estimate of drug-likeness (QED) is 0.402. The average molecular weight is 414 g/mol. The van der Waals surface area contributed by atoms with E-state index in [1.807, 2.05) is 19.1 Å². The number of halogens is 1. The summed E-state index contributed by atoms with van der Waals surface area (Å²) in [4.78, 5) is 6.87. The Kier molecular flexibility index (Phi) is 4.44. The Morgan fingerprint density at radius 1 is 1.06 bits per heavy atom. The van der Waals surface area contributed by atoms with Gasteiger partial charge in [-0.05, 0) is 70.4 Å². The standard InChI is InChI=1S/C25H24FN5/c1-16-28-29-24-27-23(22-19(26)10-6-12-21(22)31(16)24)30-15-7-9-18-17(8-5-11-20(18)30)13-14-25(2,3)4/h5-6,8,10-12H,7,9,15H2,1-4H3. The van der Waals surface area contributed by atoms with E-state index < -0.39 is 0 Å². The fourth-order valence-electron chi connectivity index (χ4n) is 4.19. The van der Waals surface area contributed by atoms with Gasteiger partial charge in [-0.2, -0.15) is 4.98 Å². The van der Waals surface area contributed by atoms with Crippen LogP contribution in [0.2, 0.25) is 0 Å². The average Bonchev–Trinajstić information content (AvgIpc) is 3.12. The molecule has 0 spiro atoms. The van der Waals surface area contributed by atoms with Crippen molar-refractivity contribution in [2.75, 3.05) is 11.4 Å². The van der Waals surface area contributed by atoms with Gasteiger partial charge >= 0.3 is 0 Å². The van der Waals surface area contributed by atoms with Crippen molar-refractivity contribution in [2.24, 2.45) is 5.41 Å². The summed E-state index contributed by atoms with van der Waals surface area (Å²) in [7, 11) is 0. The lowest BCUT2D eigenvalue weighted by Crippen LogP contribution is -2.26. The molecule has 0 saturated heterocycles. The first-order chi connectivity index (χ1) is 14.8. The van der Waals surface area contributed by atoms with E-state index in [4.69, 9.17) is 4.98 Å². The van der Waals surface area contributed by atoms with Crippen LogP contribution in [0, 0.1) is 30.0 Å².